The zero-order valence-corrected chi connectivity index (χ0v) is 12.0. The average molecular weight is 299 g/mol. The van der Waals surface area contributed by atoms with Crippen molar-refractivity contribution in [2.45, 2.75) is 43.0 Å². The predicted octanol–water partition coefficient (Wildman–Crippen LogP) is 2.82. The minimum Gasteiger partial charge on any atom is -0.208 e. The molecule has 0 aromatic heterocycles. The van der Waals surface area contributed by atoms with Crippen molar-refractivity contribution in [3.8, 4) is 6.07 Å². The lowest BCUT2D eigenvalue weighted by Gasteiger charge is -2.22. The topological polar surface area (TPSA) is 70.0 Å². The van der Waals surface area contributed by atoms with E-state index >= 15 is 0 Å². The predicted molar refractivity (Wildman–Crippen MR) is 73.4 cm³/mol. The van der Waals surface area contributed by atoms with Gasteiger partial charge in [-0.05, 0) is 31.0 Å². The van der Waals surface area contributed by atoms with Crippen LogP contribution in [0.15, 0.2) is 23.1 Å². The van der Waals surface area contributed by atoms with E-state index in [9.17, 15) is 8.42 Å². The van der Waals surface area contributed by atoms with Crippen LogP contribution in [-0.4, -0.2) is 14.5 Å². The van der Waals surface area contributed by atoms with Crippen LogP contribution >= 0.6 is 11.6 Å². The number of nitriles is 1. The average Bonchev–Trinajstić information content (AvgIpc) is 2.39. The van der Waals surface area contributed by atoms with Crippen LogP contribution in [0.4, 0.5) is 0 Å². The van der Waals surface area contributed by atoms with E-state index in [-0.39, 0.29) is 21.5 Å². The first-order valence-electron chi connectivity index (χ1n) is 6.25. The molecule has 1 aliphatic carbocycles. The highest BCUT2D eigenvalue weighted by Crippen LogP contribution is 2.23. The number of benzene rings is 1. The molecule has 1 fully saturated rings. The molecule has 4 nitrogen and oxygen atoms in total. The Balaban J connectivity index is 2.19. The van der Waals surface area contributed by atoms with E-state index in [1.165, 1.54) is 24.6 Å². The molecule has 0 saturated heterocycles. The van der Waals surface area contributed by atoms with Gasteiger partial charge >= 0.3 is 0 Å². The molecule has 1 saturated carbocycles. The Morgan fingerprint density at radius 2 is 1.95 bits per heavy atom. The van der Waals surface area contributed by atoms with Crippen molar-refractivity contribution in [3.63, 3.8) is 0 Å². The van der Waals surface area contributed by atoms with Gasteiger partial charge in [-0.1, -0.05) is 30.9 Å². The first-order valence-corrected chi connectivity index (χ1v) is 8.11. The van der Waals surface area contributed by atoms with Crippen LogP contribution in [0.2, 0.25) is 5.02 Å². The van der Waals surface area contributed by atoms with Crippen LogP contribution < -0.4 is 4.72 Å². The molecular weight excluding hydrogens is 284 g/mol. The van der Waals surface area contributed by atoms with Crippen LogP contribution in [0.5, 0.6) is 0 Å². The van der Waals surface area contributed by atoms with Crippen molar-refractivity contribution in [3.05, 3.63) is 28.8 Å². The van der Waals surface area contributed by atoms with Crippen molar-refractivity contribution in [1.82, 2.24) is 4.72 Å². The maximum atomic E-state index is 12.2. The zero-order chi connectivity index (χ0) is 13.9. The molecule has 0 atom stereocenters. The van der Waals surface area contributed by atoms with Crippen LogP contribution in [0.25, 0.3) is 0 Å². The molecular formula is C13H15ClN2O2S. The summed E-state index contributed by atoms with van der Waals surface area (Å²) in [6, 6.07) is 6.08. The lowest BCUT2D eigenvalue weighted by atomic mass is 9.96. The lowest BCUT2D eigenvalue weighted by Crippen LogP contribution is -2.36. The molecule has 1 N–H and O–H groups in total. The maximum Gasteiger partial charge on any atom is 0.240 e. The molecule has 2 rings (SSSR count). The van der Waals surface area contributed by atoms with Crippen molar-refractivity contribution in [2.24, 2.45) is 0 Å². The Morgan fingerprint density at radius 1 is 1.26 bits per heavy atom. The summed E-state index contributed by atoms with van der Waals surface area (Å²) in [6.45, 7) is 0. The summed E-state index contributed by atoms with van der Waals surface area (Å²) in [6.07, 6.45) is 5.04. The Kier molecular flexibility index (Phi) is 4.46. The smallest absolute Gasteiger partial charge is 0.208 e. The number of sulfonamides is 1. The Labute approximate surface area is 118 Å². The van der Waals surface area contributed by atoms with E-state index in [1.54, 1.807) is 0 Å². The third-order valence-corrected chi connectivity index (χ3v) is 5.13. The van der Waals surface area contributed by atoms with Gasteiger partial charge in [-0.2, -0.15) is 5.26 Å². The number of nitrogens with one attached hydrogen (secondary N) is 1. The first kappa shape index (κ1) is 14.3. The van der Waals surface area contributed by atoms with Gasteiger partial charge in [-0.15, -0.1) is 0 Å². The Morgan fingerprint density at radius 3 is 2.53 bits per heavy atom. The number of halogens is 1. The summed E-state index contributed by atoms with van der Waals surface area (Å²) in [5.41, 5.74) is 0.276. The first-order chi connectivity index (χ1) is 9.03. The second-order valence-electron chi connectivity index (χ2n) is 4.71. The number of rotatable bonds is 3. The summed E-state index contributed by atoms with van der Waals surface area (Å²) in [4.78, 5) is 0.113. The Hall–Kier alpha value is -1.09. The van der Waals surface area contributed by atoms with Crippen LogP contribution in [0.1, 0.15) is 37.7 Å². The lowest BCUT2D eigenvalue weighted by molar-refractivity contribution is 0.412. The molecule has 0 radical (unpaired) electrons. The summed E-state index contributed by atoms with van der Waals surface area (Å²) in [7, 11) is -3.55. The van der Waals surface area contributed by atoms with Crippen LogP contribution in [0, 0.1) is 11.3 Å². The maximum absolute atomic E-state index is 12.2. The van der Waals surface area contributed by atoms with Crippen LogP contribution in [0.3, 0.4) is 0 Å². The molecule has 0 unspecified atom stereocenters. The molecule has 0 amide bonds. The number of hydrogen-bond donors (Lipinski definition) is 1. The van der Waals surface area contributed by atoms with Gasteiger partial charge in [0.1, 0.15) is 6.07 Å². The third kappa shape index (κ3) is 3.47. The van der Waals surface area contributed by atoms with Crippen LogP contribution in [-0.2, 0) is 10.0 Å². The summed E-state index contributed by atoms with van der Waals surface area (Å²) >= 11 is 5.86. The molecule has 1 aromatic rings. The van der Waals surface area contributed by atoms with Gasteiger partial charge in [-0.3, -0.25) is 0 Å². The molecule has 102 valence electrons. The zero-order valence-electron chi connectivity index (χ0n) is 10.4. The second-order valence-corrected chi connectivity index (χ2v) is 6.83. The fourth-order valence-corrected chi connectivity index (χ4v) is 3.88. The summed E-state index contributed by atoms with van der Waals surface area (Å²) in [5.74, 6) is 0. The van der Waals surface area contributed by atoms with Gasteiger partial charge in [0.05, 0.1) is 15.5 Å². The normalized spacial score (nSPS) is 17.1. The second kappa shape index (κ2) is 5.91. The summed E-state index contributed by atoms with van der Waals surface area (Å²) < 4.78 is 27.1. The SMILES string of the molecule is N#Cc1ccc(S(=O)(=O)NC2CCCCC2)cc1Cl. The summed E-state index contributed by atoms with van der Waals surface area (Å²) in [5, 5.41) is 8.93. The van der Waals surface area contributed by atoms with Gasteiger partial charge in [0.25, 0.3) is 0 Å². The monoisotopic (exact) mass is 298 g/mol. The van der Waals surface area contributed by atoms with Gasteiger partial charge in [0.2, 0.25) is 10.0 Å². The van der Waals surface area contributed by atoms with Crippen molar-refractivity contribution in [2.75, 3.05) is 0 Å². The fourth-order valence-electron chi connectivity index (χ4n) is 2.26. The highest BCUT2D eigenvalue weighted by atomic mass is 35.5. The van der Waals surface area contributed by atoms with Crippen molar-refractivity contribution >= 4 is 21.6 Å². The highest BCUT2D eigenvalue weighted by Gasteiger charge is 2.22. The van der Waals surface area contributed by atoms with Gasteiger partial charge in [-0.25, -0.2) is 13.1 Å². The van der Waals surface area contributed by atoms with E-state index in [0.717, 1.165) is 25.7 Å². The van der Waals surface area contributed by atoms with E-state index in [1.807, 2.05) is 6.07 Å². The van der Waals surface area contributed by atoms with E-state index in [2.05, 4.69) is 4.72 Å². The minimum atomic E-state index is -3.55. The van der Waals surface area contributed by atoms with E-state index in [0.29, 0.717) is 0 Å². The number of nitrogens with zero attached hydrogens (tertiary/aromatic N) is 1. The van der Waals surface area contributed by atoms with E-state index < -0.39 is 10.0 Å². The van der Waals surface area contributed by atoms with Gasteiger partial charge in [0.15, 0.2) is 0 Å². The largest absolute Gasteiger partial charge is 0.240 e. The van der Waals surface area contributed by atoms with Crippen molar-refractivity contribution in [1.29, 1.82) is 5.26 Å². The minimum absolute atomic E-state index is 0.00756. The molecule has 0 bridgehead atoms. The van der Waals surface area contributed by atoms with Gasteiger partial charge < -0.3 is 0 Å². The highest BCUT2D eigenvalue weighted by molar-refractivity contribution is 7.89. The van der Waals surface area contributed by atoms with Crippen molar-refractivity contribution < 1.29 is 8.42 Å². The molecule has 0 spiro atoms. The quantitative estimate of drug-likeness (QED) is 0.933. The van der Waals surface area contributed by atoms with Gasteiger partial charge in [0, 0.05) is 6.04 Å². The molecule has 0 aliphatic heterocycles. The standard InChI is InChI=1S/C13H15ClN2O2S/c14-13-8-12(7-6-10(13)9-15)19(17,18)16-11-4-2-1-3-5-11/h6-8,11,16H,1-5H2. The fraction of sp³-hybridized carbons (Fsp3) is 0.462. The molecule has 6 heteroatoms. The Bertz CT molecular complexity index is 602. The number of hydrogen-bond acceptors (Lipinski definition) is 3. The van der Waals surface area contributed by atoms with E-state index in [4.69, 9.17) is 16.9 Å². The molecule has 19 heavy (non-hydrogen) atoms. The molecule has 0 heterocycles. The third-order valence-electron chi connectivity index (χ3n) is 3.30. The molecule has 1 aromatic carbocycles. The molecule has 1 aliphatic rings.